The summed E-state index contributed by atoms with van der Waals surface area (Å²) in [6, 6.07) is 14.1. The number of hydrogen-bond acceptors (Lipinski definition) is 4. The van der Waals surface area contributed by atoms with Crippen molar-refractivity contribution in [2.75, 3.05) is 6.61 Å². The first kappa shape index (κ1) is 15.1. The van der Waals surface area contributed by atoms with Gasteiger partial charge in [0.05, 0.1) is 6.61 Å². The maximum Gasteiger partial charge on any atom is 0.323 e. The van der Waals surface area contributed by atoms with Crippen molar-refractivity contribution in [3.63, 3.8) is 0 Å². The predicted molar refractivity (Wildman–Crippen MR) is 81.9 cm³/mol. The number of nitrogens with two attached hydrogens (primary N) is 1. The van der Waals surface area contributed by atoms with Gasteiger partial charge in [-0.05, 0) is 42.2 Å². The first-order chi connectivity index (χ1) is 10.1. The molecule has 0 aliphatic heterocycles. The van der Waals surface area contributed by atoms with Gasteiger partial charge in [-0.2, -0.15) is 0 Å². The molecule has 0 spiro atoms. The number of rotatable bonds is 5. The molecule has 0 unspecified atom stereocenters. The van der Waals surface area contributed by atoms with E-state index in [0.717, 1.165) is 16.7 Å². The summed E-state index contributed by atoms with van der Waals surface area (Å²) in [5.41, 5.74) is 8.68. The molecule has 0 aromatic heterocycles. The lowest BCUT2D eigenvalue weighted by Crippen LogP contribution is -2.34. The Hall–Kier alpha value is -2.33. The molecule has 3 N–H and O–H groups in total. The Kier molecular flexibility index (Phi) is 4.95. The van der Waals surface area contributed by atoms with E-state index in [1.807, 2.05) is 30.3 Å². The number of esters is 1. The number of hydrogen-bond donors (Lipinski definition) is 2. The normalized spacial score (nSPS) is 11.9. The Balaban J connectivity index is 2.16. The first-order valence-corrected chi connectivity index (χ1v) is 6.90. The Morgan fingerprint density at radius 2 is 1.86 bits per heavy atom. The van der Waals surface area contributed by atoms with Crippen LogP contribution in [0.25, 0.3) is 11.1 Å². The first-order valence-electron chi connectivity index (χ1n) is 6.90. The van der Waals surface area contributed by atoms with Gasteiger partial charge in [-0.3, -0.25) is 4.79 Å². The van der Waals surface area contributed by atoms with Crippen molar-refractivity contribution in [3.8, 4) is 16.9 Å². The van der Waals surface area contributed by atoms with E-state index in [0.29, 0.717) is 13.0 Å². The van der Waals surface area contributed by atoms with Gasteiger partial charge >= 0.3 is 5.97 Å². The molecule has 0 amide bonds. The zero-order chi connectivity index (χ0) is 15.2. The summed E-state index contributed by atoms with van der Waals surface area (Å²) in [5, 5.41) is 9.54. The molecule has 0 saturated heterocycles. The standard InChI is InChI=1S/C17H19NO3/c1-2-21-17(20)16(18)10-12-5-3-6-13(9-12)14-7-4-8-15(19)11-14/h3-9,11,16,19H,2,10,18H2,1H3/t16-/m1/s1. The van der Waals surface area contributed by atoms with Crippen LogP contribution in [0.4, 0.5) is 0 Å². The lowest BCUT2D eigenvalue weighted by Gasteiger charge is -2.11. The quantitative estimate of drug-likeness (QED) is 0.828. The molecule has 2 aromatic rings. The second-order valence-corrected chi connectivity index (χ2v) is 4.81. The van der Waals surface area contributed by atoms with Crippen molar-refractivity contribution in [2.24, 2.45) is 5.73 Å². The average molecular weight is 285 g/mol. The van der Waals surface area contributed by atoms with Gasteiger partial charge in [0.15, 0.2) is 0 Å². The van der Waals surface area contributed by atoms with Gasteiger partial charge in [0.2, 0.25) is 0 Å². The van der Waals surface area contributed by atoms with E-state index in [1.165, 1.54) is 0 Å². The molecule has 1 atom stereocenters. The second-order valence-electron chi connectivity index (χ2n) is 4.81. The lowest BCUT2D eigenvalue weighted by molar-refractivity contribution is -0.144. The molecule has 4 nitrogen and oxygen atoms in total. The minimum absolute atomic E-state index is 0.223. The monoisotopic (exact) mass is 285 g/mol. The molecule has 0 saturated carbocycles. The molecule has 21 heavy (non-hydrogen) atoms. The highest BCUT2D eigenvalue weighted by atomic mass is 16.5. The van der Waals surface area contributed by atoms with Crippen molar-refractivity contribution in [3.05, 3.63) is 54.1 Å². The number of aromatic hydroxyl groups is 1. The van der Waals surface area contributed by atoms with E-state index >= 15 is 0 Å². The third-order valence-corrected chi connectivity index (χ3v) is 3.15. The van der Waals surface area contributed by atoms with Gasteiger partial charge in [-0.1, -0.05) is 36.4 Å². The highest BCUT2D eigenvalue weighted by Crippen LogP contribution is 2.24. The Morgan fingerprint density at radius 3 is 2.52 bits per heavy atom. The summed E-state index contributed by atoms with van der Waals surface area (Å²) in [7, 11) is 0. The van der Waals surface area contributed by atoms with Crippen LogP contribution in [0.1, 0.15) is 12.5 Å². The Bertz CT molecular complexity index is 625. The van der Waals surface area contributed by atoms with Crippen molar-refractivity contribution in [1.29, 1.82) is 0 Å². The molecule has 4 heteroatoms. The van der Waals surface area contributed by atoms with Crippen LogP contribution >= 0.6 is 0 Å². The summed E-state index contributed by atoms with van der Waals surface area (Å²) in [6.07, 6.45) is 0.422. The fourth-order valence-electron chi connectivity index (χ4n) is 2.15. The average Bonchev–Trinajstić information content (AvgIpc) is 2.48. The number of benzene rings is 2. The highest BCUT2D eigenvalue weighted by Gasteiger charge is 2.15. The molecule has 0 heterocycles. The predicted octanol–water partition coefficient (Wildman–Crippen LogP) is 2.49. The summed E-state index contributed by atoms with van der Waals surface area (Å²) in [4.78, 5) is 11.6. The fraction of sp³-hybridized carbons (Fsp3) is 0.235. The summed E-state index contributed by atoms with van der Waals surface area (Å²) in [6.45, 7) is 2.09. The van der Waals surface area contributed by atoms with Crippen molar-refractivity contribution in [1.82, 2.24) is 0 Å². The zero-order valence-corrected chi connectivity index (χ0v) is 12.0. The minimum Gasteiger partial charge on any atom is -0.508 e. The number of phenols is 1. The highest BCUT2D eigenvalue weighted by molar-refractivity contribution is 5.76. The van der Waals surface area contributed by atoms with Gasteiger partial charge in [0.25, 0.3) is 0 Å². The van der Waals surface area contributed by atoms with Crippen LogP contribution in [-0.4, -0.2) is 23.7 Å². The van der Waals surface area contributed by atoms with Crippen LogP contribution < -0.4 is 5.73 Å². The molecule has 110 valence electrons. The molecule has 2 rings (SSSR count). The third-order valence-electron chi connectivity index (χ3n) is 3.15. The van der Waals surface area contributed by atoms with Gasteiger partial charge in [0, 0.05) is 0 Å². The number of carbonyl (C=O) groups excluding carboxylic acids is 1. The van der Waals surface area contributed by atoms with Crippen molar-refractivity contribution >= 4 is 5.97 Å². The van der Waals surface area contributed by atoms with Gasteiger partial charge in [0.1, 0.15) is 11.8 Å². The van der Waals surface area contributed by atoms with Crippen LogP contribution in [0.15, 0.2) is 48.5 Å². The van der Waals surface area contributed by atoms with E-state index in [4.69, 9.17) is 10.5 Å². The van der Waals surface area contributed by atoms with Gasteiger partial charge < -0.3 is 15.6 Å². The maximum absolute atomic E-state index is 11.6. The molecular formula is C17H19NO3. The minimum atomic E-state index is -0.663. The van der Waals surface area contributed by atoms with Gasteiger partial charge in [-0.15, -0.1) is 0 Å². The maximum atomic E-state index is 11.6. The Labute approximate surface area is 124 Å². The largest absolute Gasteiger partial charge is 0.508 e. The summed E-state index contributed by atoms with van der Waals surface area (Å²) >= 11 is 0. The molecule has 0 bridgehead atoms. The number of phenolic OH excluding ortho intramolecular Hbond substituents is 1. The zero-order valence-electron chi connectivity index (χ0n) is 12.0. The molecular weight excluding hydrogens is 266 g/mol. The molecule has 0 aliphatic rings. The van der Waals surface area contributed by atoms with Gasteiger partial charge in [-0.25, -0.2) is 0 Å². The number of ether oxygens (including phenoxy) is 1. The molecule has 2 aromatic carbocycles. The lowest BCUT2D eigenvalue weighted by atomic mass is 9.99. The van der Waals surface area contributed by atoms with E-state index < -0.39 is 6.04 Å². The van der Waals surface area contributed by atoms with E-state index in [2.05, 4.69) is 0 Å². The molecule has 0 radical (unpaired) electrons. The molecule has 0 fully saturated rings. The second kappa shape index (κ2) is 6.90. The Morgan fingerprint density at radius 1 is 1.19 bits per heavy atom. The summed E-state index contributed by atoms with van der Waals surface area (Å²) < 4.78 is 4.91. The SMILES string of the molecule is CCOC(=O)[C@H](N)Cc1cccc(-c2cccc(O)c2)c1. The van der Waals surface area contributed by atoms with E-state index in [-0.39, 0.29) is 11.7 Å². The van der Waals surface area contributed by atoms with Crippen LogP contribution in [0.2, 0.25) is 0 Å². The van der Waals surface area contributed by atoms with E-state index in [1.54, 1.807) is 25.1 Å². The van der Waals surface area contributed by atoms with Crippen LogP contribution in [0, 0.1) is 0 Å². The van der Waals surface area contributed by atoms with Crippen molar-refractivity contribution in [2.45, 2.75) is 19.4 Å². The smallest absolute Gasteiger partial charge is 0.323 e. The third kappa shape index (κ3) is 4.07. The van der Waals surface area contributed by atoms with Crippen LogP contribution in [0.5, 0.6) is 5.75 Å². The topological polar surface area (TPSA) is 72.5 Å². The summed E-state index contributed by atoms with van der Waals surface area (Å²) in [5.74, 6) is -0.165. The van der Waals surface area contributed by atoms with E-state index in [9.17, 15) is 9.90 Å². The fourth-order valence-corrected chi connectivity index (χ4v) is 2.15. The number of carbonyl (C=O) groups is 1. The van der Waals surface area contributed by atoms with Crippen LogP contribution in [0.3, 0.4) is 0 Å². The molecule has 0 aliphatic carbocycles. The van der Waals surface area contributed by atoms with Crippen molar-refractivity contribution < 1.29 is 14.6 Å². The van der Waals surface area contributed by atoms with Crippen LogP contribution in [-0.2, 0) is 16.0 Å².